The van der Waals surface area contributed by atoms with Crippen molar-refractivity contribution in [2.24, 2.45) is 11.1 Å². The lowest BCUT2D eigenvalue weighted by atomic mass is 9.70. The molecule has 1 aliphatic carbocycles. The van der Waals surface area contributed by atoms with Gasteiger partial charge in [-0.25, -0.2) is 0 Å². The molecule has 0 atom stereocenters. The zero-order chi connectivity index (χ0) is 14.3. The molecule has 2 heteroatoms. The summed E-state index contributed by atoms with van der Waals surface area (Å²) in [5.41, 5.74) is 9.14. The van der Waals surface area contributed by atoms with Gasteiger partial charge in [0.1, 0.15) is 5.78 Å². The molecule has 0 radical (unpaired) electrons. The normalized spacial score (nSPS) is 15.4. The average molecular weight is 259 g/mol. The lowest BCUT2D eigenvalue weighted by Crippen LogP contribution is -2.52. The van der Waals surface area contributed by atoms with Crippen molar-refractivity contribution in [2.75, 3.05) is 0 Å². The molecule has 1 aromatic rings. The van der Waals surface area contributed by atoms with Crippen molar-refractivity contribution in [3.63, 3.8) is 0 Å². The molecule has 0 unspecified atom stereocenters. The second-order valence-corrected chi connectivity index (χ2v) is 6.90. The molecule has 2 N–H and O–H groups in total. The molecule has 2 nitrogen and oxygen atoms in total. The third-order valence-corrected chi connectivity index (χ3v) is 4.84. The summed E-state index contributed by atoms with van der Waals surface area (Å²) in [7, 11) is 0. The fourth-order valence-electron chi connectivity index (χ4n) is 2.50. The summed E-state index contributed by atoms with van der Waals surface area (Å²) in [6.07, 6.45) is 4.07. The molecular weight excluding hydrogens is 234 g/mol. The fraction of sp³-hybridized carbons (Fsp3) is 0.588. The van der Waals surface area contributed by atoms with E-state index in [-0.39, 0.29) is 5.78 Å². The highest BCUT2D eigenvalue weighted by Gasteiger charge is 2.39. The van der Waals surface area contributed by atoms with Crippen LogP contribution in [-0.4, -0.2) is 11.3 Å². The highest BCUT2D eigenvalue weighted by Crippen LogP contribution is 2.31. The van der Waals surface area contributed by atoms with E-state index in [9.17, 15) is 4.79 Å². The first kappa shape index (κ1) is 14.3. The number of ketones is 1. The topological polar surface area (TPSA) is 43.1 Å². The first-order chi connectivity index (χ1) is 8.72. The standard InChI is InChI=1S/C17H25NO/c1-16(2,17(3,4)18)15(19)11-12-8-9-13-6-5-7-14(13)10-12/h8-10H,5-7,11,18H2,1-4H3. The summed E-state index contributed by atoms with van der Waals surface area (Å²) in [5, 5.41) is 0. The Morgan fingerprint density at radius 2 is 1.79 bits per heavy atom. The Balaban J connectivity index is 2.16. The summed E-state index contributed by atoms with van der Waals surface area (Å²) in [6, 6.07) is 6.49. The van der Waals surface area contributed by atoms with Crippen LogP contribution in [0.4, 0.5) is 0 Å². The molecule has 2 rings (SSSR count). The van der Waals surface area contributed by atoms with Crippen molar-refractivity contribution < 1.29 is 4.79 Å². The molecule has 0 heterocycles. The van der Waals surface area contributed by atoms with E-state index in [2.05, 4.69) is 18.2 Å². The van der Waals surface area contributed by atoms with Gasteiger partial charge in [0.25, 0.3) is 0 Å². The number of fused-ring (bicyclic) bond motifs is 1. The van der Waals surface area contributed by atoms with Crippen LogP contribution in [0, 0.1) is 5.41 Å². The lowest BCUT2D eigenvalue weighted by Gasteiger charge is -2.37. The van der Waals surface area contributed by atoms with Crippen LogP contribution in [0.1, 0.15) is 50.8 Å². The zero-order valence-corrected chi connectivity index (χ0v) is 12.5. The molecule has 0 bridgehead atoms. The zero-order valence-electron chi connectivity index (χ0n) is 12.5. The molecule has 0 aromatic heterocycles. The number of nitrogens with two attached hydrogens (primary N) is 1. The molecule has 104 valence electrons. The van der Waals surface area contributed by atoms with Crippen LogP contribution in [0.3, 0.4) is 0 Å². The first-order valence-corrected chi connectivity index (χ1v) is 7.15. The van der Waals surface area contributed by atoms with Crippen LogP contribution < -0.4 is 5.73 Å². The van der Waals surface area contributed by atoms with Gasteiger partial charge in [-0.05, 0) is 49.8 Å². The van der Waals surface area contributed by atoms with Crippen molar-refractivity contribution in [1.29, 1.82) is 0 Å². The summed E-state index contributed by atoms with van der Waals surface area (Å²) < 4.78 is 0. The van der Waals surface area contributed by atoms with Crippen molar-refractivity contribution in [2.45, 2.75) is 58.9 Å². The molecule has 0 saturated heterocycles. The van der Waals surface area contributed by atoms with E-state index in [4.69, 9.17) is 5.73 Å². The molecule has 19 heavy (non-hydrogen) atoms. The van der Waals surface area contributed by atoms with E-state index in [1.54, 1.807) is 0 Å². The van der Waals surface area contributed by atoms with Crippen LogP contribution in [0.2, 0.25) is 0 Å². The van der Waals surface area contributed by atoms with E-state index in [0.717, 1.165) is 12.0 Å². The minimum absolute atomic E-state index is 0.220. The second kappa shape index (κ2) is 4.75. The quantitative estimate of drug-likeness (QED) is 0.903. The Morgan fingerprint density at radius 1 is 1.16 bits per heavy atom. The van der Waals surface area contributed by atoms with Gasteiger partial charge >= 0.3 is 0 Å². The number of carbonyl (C=O) groups is 1. The third kappa shape index (κ3) is 2.74. The molecule has 0 amide bonds. The Morgan fingerprint density at radius 3 is 2.42 bits per heavy atom. The number of rotatable bonds is 4. The van der Waals surface area contributed by atoms with Gasteiger partial charge in [0.2, 0.25) is 0 Å². The predicted molar refractivity (Wildman–Crippen MR) is 79.2 cm³/mol. The third-order valence-electron chi connectivity index (χ3n) is 4.84. The number of aryl methyl sites for hydroxylation is 2. The van der Waals surface area contributed by atoms with Crippen molar-refractivity contribution in [3.8, 4) is 0 Å². The van der Waals surface area contributed by atoms with Gasteiger partial charge in [-0.15, -0.1) is 0 Å². The van der Waals surface area contributed by atoms with E-state index >= 15 is 0 Å². The van der Waals surface area contributed by atoms with Gasteiger partial charge in [-0.1, -0.05) is 32.0 Å². The molecule has 0 saturated carbocycles. The number of hydrogen-bond acceptors (Lipinski definition) is 2. The van der Waals surface area contributed by atoms with Crippen molar-refractivity contribution in [3.05, 3.63) is 34.9 Å². The minimum Gasteiger partial charge on any atom is -0.325 e. The van der Waals surface area contributed by atoms with Crippen LogP contribution in [0.15, 0.2) is 18.2 Å². The molecular formula is C17H25NO. The molecule has 1 aromatic carbocycles. The van der Waals surface area contributed by atoms with E-state index < -0.39 is 11.0 Å². The Bertz CT molecular complexity index is 494. The van der Waals surface area contributed by atoms with E-state index in [1.165, 1.54) is 24.0 Å². The summed E-state index contributed by atoms with van der Waals surface area (Å²) in [5.74, 6) is 0.220. The average Bonchev–Trinajstić information content (AvgIpc) is 2.74. The smallest absolute Gasteiger partial charge is 0.144 e. The Labute approximate surface area is 116 Å². The molecule has 0 aliphatic heterocycles. The van der Waals surface area contributed by atoms with Crippen LogP contribution in [0.5, 0.6) is 0 Å². The maximum absolute atomic E-state index is 12.5. The van der Waals surface area contributed by atoms with Gasteiger partial charge in [0, 0.05) is 17.4 Å². The number of hydrogen-bond donors (Lipinski definition) is 1. The van der Waals surface area contributed by atoms with Gasteiger partial charge in [-0.2, -0.15) is 0 Å². The Hall–Kier alpha value is -1.15. The molecule has 0 spiro atoms. The lowest BCUT2D eigenvalue weighted by molar-refractivity contribution is -0.129. The summed E-state index contributed by atoms with van der Waals surface area (Å²) in [6.45, 7) is 7.74. The minimum atomic E-state index is -0.508. The monoisotopic (exact) mass is 259 g/mol. The van der Waals surface area contributed by atoms with Gasteiger partial charge in [-0.3, -0.25) is 4.79 Å². The van der Waals surface area contributed by atoms with Gasteiger partial charge < -0.3 is 5.73 Å². The number of carbonyl (C=O) groups excluding carboxylic acids is 1. The summed E-state index contributed by atoms with van der Waals surface area (Å²) in [4.78, 5) is 12.5. The van der Waals surface area contributed by atoms with E-state index in [1.807, 2.05) is 27.7 Å². The van der Waals surface area contributed by atoms with Crippen LogP contribution >= 0.6 is 0 Å². The summed E-state index contributed by atoms with van der Waals surface area (Å²) >= 11 is 0. The highest BCUT2D eigenvalue weighted by molar-refractivity contribution is 5.87. The first-order valence-electron chi connectivity index (χ1n) is 7.15. The van der Waals surface area contributed by atoms with Gasteiger partial charge in [0.15, 0.2) is 0 Å². The van der Waals surface area contributed by atoms with Crippen molar-refractivity contribution >= 4 is 5.78 Å². The van der Waals surface area contributed by atoms with E-state index in [0.29, 0.717) is 6.42 Å². The largest absolute Gasteiger partial charge is 0.325 e. The SMILES string of the molecule is CC(C)(N)C(C)(C)C(=O)Cc1ccc2c(c1)CCC2. The number of benzene rings is 1. The fourth-order valence-corrected chi connectivity index (χ4v) is 2.50. The predicted octanol–water partition coefficient (Wildman–Crippen LogP) is 3.05. The van der Waals surface area contributed by atoms with Crippen LogP contribution in [0.25, 0.3) is 0 Å². The Kier molecular flexibility index (Phi) is 3.57. The molecule has 0 fully saturated rings. The maximum atomic E-state index is 12.5. The highest BCUT2D eigenvalue weighted by atomic mass is 16.1. The van der Waals surface area contributed by atoms with Crippen molar-refractivity contribution in [1.82, 2.24) is 0 Å². The number of Topliss-reactive ketones (excluding diaryl/α,β-unsaturated/α-hetero) is 1. The second-order valence-electron chi connectivity index (χ2n) is 6.90. The maximum Gasteiger partial charge on any atom is 0.144 e. The molecule has 1 aliphatic rings. The van der Waals surface area contributed by atoms with Crippen LogP contribution in [-0.2, 0) is 24.1 Å². The van der Waals surface area contributed by atoms with Gasteiger partial charge in [0.05, 0.1) is 0 Å².